The minimum Gasteiger partial charge on any atom is -0.269 e. The summed E-state index contributed by atoms with van der Waals surface area (Å²) in [6.45, 7) is 0.933. The molecule has 0 aliphatic heterocycles. The molecule has 0 fully saturated rings. The molecular formula is C14H22ClFN2. The van der Waals surface area contributed by atoms with E-state index in [1.807, 2.05) is 13.1 Å². The number of nitrogens with zero attached hydrogens (tertiary/aromatic N) is 1. The standard InChI is InChI=1S/C14H22ClFN2/c1-18(17)11-6-4-2-3-5-8-12-9-7-10-13(15)14(12)16/h7,9-10H,2-6,8,11,17H2,1H3. The fraction of sp³-hybridized carbons (Fsp3) is 0.571. The third kappa shape index (κ3) is 5.80. The Kier molecular flexibility index (Phi) is 7.25. The van der Waals surface area contributed by atoms with Crippen LogP contribution in [-0.2, 0) is 6.42 Å². The van der Waals surface area contributed by atoms with Gasteiger partial charge in [0.15, 0.2) is 0 Å². The van der Waals surface area contributed by atoms with Gasteiger partial charge in [0, 0.05) is 13.6 Å². The van der Waals surface area contributed by atoms with Crippen LogP contribution in [0.15, 0.2) is 18.2 Å². The third-order valence-electron chi connectivity index (χ3n) is 2.99. The minimum atomic E-state index is -0.260. The van der Waals surface area contributed by atoms with E-state index in [0.29, 0.717) is 0 Å². The third-order valence-corrected chi connectivity index (χ3v) is 3.28. The van der Waals surface area contributed by atoms with Gasteiger partial charge < -0.3 is 0 Å². The molecule has 0 aromatic heterocycles. The van der Waals surface area contributed by atoms with E-state index in [9.17, 15) is 4.39 Å². The van der Waals surface area contributed by atoms with E-state index >= 15 is 0 Å². The average molecular weight is 273 g/mol. The van der Waals surface area contributed by atoms with E-state index in [2.05, 4.69) is 0 Å². The molecule has 0 aliphatic carbocycles. The molecule has 2 N–H and O–H groups in total. The summed E-state index contributed by atoms with van der Waals surface area (Å²) in [6.07, 6.45) is 6.38. The minimum absolute atomic E-state index is 0.221. The van der Waals surface area contributed by atoms with Gasteiger partial charge in [-0.05, 0) is 30.9 Å². The highest BCUT2D eigenvalue weighted by molar-refractivity contribution is 6.30. The van der Waals surface area contributed by atoms with E-state index in [1.165, 1.54) is 12.8 Å². The first-order valence-corrected chi connectivity index (χ1v) is 6.88. The van der Waals surface area contributed by atoms with Crippen molar-refractivity contribution in [3.63, 3.8) is 0 Å². The van der Waals surface area contributed by atoms with E-state index in [4.69, 9.17) is 17.4 Å². The summed E-state index contributed by atoms with van der Waals surface area (Å²) in [5, 5.41) is 1.93. The van der Waals surface area contributed by atoms with E-state index in [1.54, 1.807) is 17.1 Å². The fourth-order valence-corrected chi connectivity index (χ4v) is 2.14. The van der Waals surface area contributed by atoms with Crippen LogP contribution in [0, 0.1) is 5.82 Å². The van der Waals surface area contributed by atoms with Crippen LogP contribution in [0.3, 0.4) is 0 Å². The van der Waals surface area contributed by atoms with Gasteiger partial charge in [0.05, 0.1) is 5.02 Å². The van der Waals surface area contributed by atoms with Crippen molar-refractivity contribution in [1.29, 1.82) is 0 Å². The predicted octanol–water partition coefficient (Wildman–Crippen LogP) is 3.78. The van der Waals surface area contributed by atoms with Crippen molar-refractivity contribution < 1.29 is 4.39 Å². The molecule has 0 amide bonds. The lowest BCUT2D eigenvalue weighted by molar-refractivity contribution is 0.337. The Morgan fingerprint density at radius 2 is 1.83 bits per heavy atom. The molecule has 2 nitrogen and oxygen atoms in total. The number of hydrogen-bond donors (Lipinski definition) is 1. The highest BCUT2D eigenvalue weighted by Gasteiger charge is 2.05. The molecule has 1 aromatic carbocycles. The maximum Gasteiger partial charge on any atom is 0.144 e. The molecule has 0 spiro atoms. The van der Waals surface area contributed by atoms with Gasteiger partial charge in [-0.15, -0.1) is 0 Å². The average Bonchev–Trinajstić information content (AvgIpc) is 2.32. The highest BCUT2D eigenvalue weighted by atomic mass is 35.5. The van der Waals surface area contributed by atoms with E-state index < -0.39 is 0 Å². The summed E-state index contributed by atoms with van der Waals surface area (Å²) in [5.74, 6) is 5.26. The number of halogens is 2. The molecule has 0 aliphatic rings. The summed E-state index contributed by atoms with van der Waals surface area (Å²) >= 11 is 5.73. The number of hydrazine groups is 1. The molecule has 18 heavy (non-hydrogen) atoms. The topological polar surface area (TPSA) is 29.3 Å². The summed E-state index contributed by atoms with van der Waals surface area (Å²) in [5.41, 5.74) is 0.726. The van der Waals surface area contributed by atoms with Crippen molar-refractivity contribution in [2.45, 2.75) is 38.5 Å². The maximum atomic E-state index is 13.6. The summed E-state index contributed by atoms with van der Waals surface area (Å²) in [4.78, 5) is 0. The van der Waals surface area contributed by atoms with Crippen molar-refractivity contribution in [1.82, 2.24) is 5.01 Å². The van der Waals surface area contributed by atoms with Crippen LogP contribution in [0.25, 0.3) is 0 Å². The lowest BCUT2D eigenvalue weighted by atomic mass is 10.0. The van der Waals surface area contributed by atoms with Crippen LogP contribution < -0.4 is 5.84 Å². The zero-order valence-electron chi connectivity index (χ0n) is 11.0. The first-order valence-electron chi connectivity index (χ1n) is 6.50. The Morgan fingerprint density at radius 3 is 2.56 bits per heavy atom. The van der Waals surface area contributed by atoms with Crippen molar-refractivity contribution in [3.8, 4) is 0 Å². The van der Waals surface area contributed by atoms with Crippen LogP contribution in [0.2, 0.25) is 5.02 Å². The molecule has 1 aromatic rings. The number of benzene rings is 1. The number of nitrogens with two attached hydrogens (primary N) is 1. The number of rotatable bonds is 8. The molecule has 0 radical (unpaired) electrons. The lowest BCUT2D eigenvalue weighted by Gasteiger charge is -2.08. The van der Waals surface area contributed by atoms with Gasteiger partial charge in [0.1, 0.15) is 5.82 Å². The van der Waals surface area contributed by atoms with Crippen LogP contribution in [0.4, 0.5) is 4.39 Å². The normalized spacial score (nSPS) is 11.2. The van der Waals surface area contributed by atoms with Gasteiger partial charge in [-0.25, -0.2) is 4.39 Å². The van der Waals surface area contributed by atoms with Crippen LogP contribution in [0.1, 0.15) is 37.7 Å². The van der Waals surface area contributed by atoms with E-state index in [0.717, 1.165) is 37.8 Å². The zero-order chi connectivity index (χ0) is 13.4. The van der Waals surface area contributed by atoms with Crippen LogP contribution in [0.5, 0.6) is 0 Å². The molecule has 0 heterocycles. The molecule has 0 bridgehead atoms. The second-order valence-electron chi connectivity index (χ2n) is 4.71. The monoisotopic (exact) mass is 272 g/mol. The molecule has 0 saturated heterocycles. The SMILES string of the molecule is CN(N)CCCCCCCc1cccc(Cl)c1F. The van der Waals surface area contributed by atoms with Gasteiger partial charge in [0.2, 0.25) is 0 Å². The quantitative estimate of drug-likeness (QED) is 0.443. The molecule has 1 rings (SSSR count). The molecule has 0 saturated carbocycles. The van der Waals surface area contributed by atoms with Crippen molar-refractivity contribution in [2.24, 2.45) is 5.84 Å². The van der Waals surface area contributed by atoms with Gasteiger partial charge in [-0.3, -0.25) is 10.9 Å². The largest absolute Gasteiger partial charge is 0.269 e. The highest BCUT2D eigenvalue weighted by Crippen LogP contribution is 2.19. The Balaban J connectivity index is 2.13. The fourth-order valence-electron chi connectivity index (χ4n) is 1.95. The zero-order valence-corrected chi connectivity index (χ0v) is 11.7. The Bertz CT molecular complexity index is 356. The summed E-state index contributed by atoms with van der Waals surface area (Å²) < 4.78 is 13.6. The Labute approximate surface area is 114 Å². The summed E-state index contributed by atoms with van der Waals surface area (Å²) in [7, 11) is 1.88. The smallest absolute Gasteiger partial charge is 0.144 e. The van der Waals surface area contributed by atoms with Crippen LogP contribution in [-0.4, -0.2) is 18.6 Å². The van der Waals surface area contributed by atoms with Gasteiger partial charge in [-0.1, -0.05) is 43.0 Å². The van der Waals surface area contributed by atoms with Crippen LogP contribution >= 0.6 is 11.6 Å². The molecule has 0 atom stereocenters. The maximum absolute atomic E-state index is 13.6. The Morgan fingerprint density at radius 1 is 1.17 bits per heavy atom. The number of aryl methyl sites for hydroxylation is 1. The second kappa shape index (κ2) is 8.46. The first-order chi connectivity index (χ1) is 8.61. The van der Waals surface area contributed by atoms with Gasteiger partial charge >= 0.3 is 0 Å². The Hall–Kier alpha value is -0.640. The second-order valence-corrected chi connectivity index (χ2v) is 5.12. The van der Waals surface area contributed by atoms with E-state index in [-0.39, 0.29) is 10.8 Å². The van der Waals surface area contributed by atoms with Gasteiger partial charge in [-0.2, -0.15) is 0 Å². The predicted molar refractivity (Wildman–Crippen MR) is 75.0 cm³/mol. The molecule has 0 unspecified atom stereocenters. The molecular weight excluding hydrogens is 251 g/mol. The van der Waals surface area contributed by atoms with Crippen molar-refractivity contribution >= 4 is 11.6 Å². The number of unbranched alkanes of at least 4 members (excludes halogenated alkanes) is 4. The lowest BCUT2D eigenvalue weighted by Crippen LogP contribution is -2.26. The molecule has 4 heteroatoms. The first kappa shape index (κ1) is 15.4. The van der Waals surface area contributed by atoms with Crippen molar-refractivity contribution in [3.05, 3.63) is 34.6 Å². The summed E-state index contributed by atoms with van der Waals surface area (Å²) in [6, 6.07) is 5.20. The van der Waals surface area contributed by atoms with Gasteiger partial charge in [0.25, 0.3) is 0 Å². The number of hydrogen-bond acceptors (Lipinski definition) is 2. The van der Waals surface area contributed by atoms with Crippen molar-refractivity contribution in [2.75, 3.05) is 13.6 Å². The molecule has 102 valence electrons.